The molecule has 3 N–H and O–H groups in total. The smallest absolute Gasteiger partial charge is 0.404 e. The van der Waals surface area contributed by atoms with Crippen LogP contribution in [0.4, 0.5) is 16.2 Å². The Bertz CT molecular complexity index is 477. The molecule has 7 nitrogen and oxygen atoms in total. The first-order valence-corrected chi connectivity index (χ1v) is 6.42. The zero-order chi connectivity index (χ0) is 15.0. The molecule has 0 unspecified atom stereocenters. The van der Waals surface area contributed by atoms with Gasteiger partial charge in [0.25, 0.3) is 5.69 Å². The maximum absolute atomic E-state index is 10.9. The fourth-order valence-electron chi connectivity index (χ4n) is 1.74. The highest BCUT2D eigenvalue weighted by Crippen LogP contribution is 2.25. The third-order valence-electron chi connectivity index (χ3n) is 2.73. The van der Waals surface area contributed by atoms with E-state index in [9.17, 15) is 14.9 Å². The molecule has 0 atom stereocenters. The Morgan fingerprint density at radius 2 is 2.15 bits per heavy atom. The normalized spacial score (nSPS) is 10.1. The molecule has 7 heteroatoms. The molecule has 0 aliphatic heterocycles. The van der Waals surface area contributed by atoms with Crippen LogP contribution in [0.3, 0.4) is 0 Å². The molecule has 1 amide bonds. The number of nitrogens with one attached hydrogen (secondary N) is 1. The number of nitro benzene ring substituents is 1. The predicted octanol–water partition coefficient (Wildman–Crippen LogP) is 2.58. The molecule has 0 heterocycles. The Hall–Kier alpha value is -2.31. The van der Waals surface area contributed by atoms with Crippen LogP contribution in [0.5, 0.6) is 0 Å². The number of primary amides is 1. The van der Waals surface area contributed by atoms with Gasteiger partial charge in [0.05, 0.1) is 11.5 Å². The van der Waals surface area contributed by atoms with Crippen LogP contribution in [-0.4, -0.2) is 24.2 Å². The van der Waals surface area contributed by atoms with Crippen molar-refractivity contribution in [1.29, 1.82) is 0 Å². The summed E-state index contributed by atoms with van der Waals surface area (Å²) in [5.41, 5.74) is 6.29. The zero-order valence-corrected chi connectivity index (χ0v) is 11.4. The number of unbranched alkanes of at least 4 members (excludes halogenated alkanes) is 2. The number of hydrogen-bond acceptors (Lipinski definition) is 5. The molecule has 1 rings (SSSR count). The van der Waals surface area contributed by atoms with Gasteiger partial charge in [0.15, 0.2) is 0 Å². The van der Waals surface area contributed by atoms with Crippen LogP contribution < -0.4 is 11.1 Å². The van der Waals surface area contributed by atoms with Crippen molar-refractivity contribution in [2.75, 3.05) is 18.5 Å². The molecule has 110 valence electrons. The van der Waals surface area contributed by atoms with Gasteiger partial charge in [-0.15, -0.1) is 0 Å². The second-order valence-electron chi connectivity index (χ2n) is 4.43. The Kier molecular flexibility index (Phi) is 6.28. The lowest BCUT2D eigenvalue weighted by Crippen LogP contribution is -2.13. The summed E-state index contributed by atoms with van der Waals surface area (Å²) < 4.78 is 4.60. The van der Waals surface area contributed by atoms with E-state index >= 15 is 0 Å². The maximum atomic E-state index is 10.9. The maximum Gasteiger partial charge on any atom is 0.404 e. The first-order valence-electron chi connectivity index (χ1n) is 6.42. The third kappa shape index (κ3) is 5.55. The van der Waals surface area contributed by atoms with E-state index < -0.39 is 11.0 Å². The third-order valence-corrected chi connectivity index (χ3v) is 2.73. The lowest BCUT2D eigenvalue weighted by atomic mass is 10.2. The van der Waals surface area contributed by atoms with Gasteiger partial charge in [-0.3, -0.25) is 10.1 Å². The number of anilines is 1. The number of amides is 1. The van der Waals surface area contributed by atoms with Crippen molar-refractivity contribution in [2.24, 2.45) is 5.73 Å². The van der Waals surface area contributed by atoms with E-state index in [4.69, 9.17) is 5.73 Å². The van der Waals surface area contributed by atoms with Crippen molar-refractivity contribution in [3.8, 4) is 0 Å². The molecule has 0 fully saturated rings. The molecular formula is C13H19N3O4. The van der Waals surface area contributed by atoms with Gasteiger partial charge in [0, 0.05) is 12.6 Å². The van der Waals surface area contributed by atoms with Crippen LogP contribution in [-0.2, 0) is 4.74 Å². The first-order chi connectivity index (χ1) is 9.50. The monoisotopic (exact) mass is 281 g/mol. The van der Waals surface area contributed by atoms with Crippen molar-refractivity contribution in [3.63, 3.8) is 0 Å². The lowest BCUT2D eigenvalue weighted by Gasteiger charge is -2.07. The van der Waals surface area contributed by atoms with Gasteiger partial charge in [0.1, 0.15) is 5.69 Å². The molecule has 20 heavy (non-hydrogen) atoms. The van der Waals surface area contributed by atoms with Crippen LogP contribution >= 0.6 is 0 Å². The van der Waals surface area contributed by atoms with E-state index in [-0.39, 0.29) is 5.69 Å². The summed E-state index contributed by atoms with van der Waals surface area (Å²) >= 11 is 0. The van der Waals surface area contributed by atoms with Gasteiger partial charge in [0.2, 0.25) is 0 Å². The molecule has 0 radical (unpaired) electrons. The Morgan fingerprint density at radius 3 is 2.80 bits per heavy atom. The van der Waals surface area contributed by atoms with E-state index in [0.717, 1.165) is 24.8 Å². The number of nitrogens with two attached hydrogens (primary N) is 1. The quantitative estimate of drug-likeness (QED) is 0.432. The topological polar surface area (TPSA) is 107 Å². The minimum Gasteiger partial charge on any atom is -0.450 e. The van der Waals surface area contributed by atoms with E-state index in [2.05, 4.69) is 10.1 Å². The van der Waals surface area contributed by atoms with Crippen LogP contribution in [0.1, 0.15) is 24.8 Å². The number of nitro groups is 1. The van der Waals surface area contributed by atoms with Crippen LogP contribution in [0.25, 0.3) is 0 Å². The average molecular weight is 281 g/mol. The fraction of sp³-hybridized carbons (Fsp3) is 0.462. The van der Waals surface area contributed by atoms with Gasteiger partial charge >= 0.3 is 6.09 Å². The number of hydrogen-bond donors (Lipinski definition) is 2. The highest BCUT2D eigenvalue weighted by Gasteiger charge is 2.12. The second kappa shape index (κ2) is 7.98. The number of aryl methyl sites for hydroxylation is 1. The van der Waals surface area contributed by atoms with Crippen molar-refractivity contribution in [3.05, 3.63) is 33.9 Å². The summed E-state index contributed by atoms with van der Waals surface area (Å²) in [6.45, 7) is 2.75. The summed E-state index contributed by atoms with van der Waals surface area (Å²) in [6.07, 6.45) is 1.63. The number of rotatable bonds is 8. The van der Waals surface area contributed by atoms with Crippen LogP contribution in [0.15, 0.2) is 18.2 Å². The summed E-state index contributed by atoms with van der Waals surface area (Å²) in [5, 5.41) is 14.0. The minimum atomic E-state index is -0.765. The molecule has 0 aliphatic rings. The molecule has 0 aliphatic carbocycles. The second-order valence-corrected chi connectivity index (χ2v) is 4.43. The van der Waals surface area contributed by atoms with E-state index in [1.54, 1.807) is 12.1 Å². The highest BCUT2D eigenvalue weighted by molar-refractivity contribution is 5.64. The number of carbonyl (C=O) groups is 1. The van der Waals surface area contributed by atoms with Crippen molar-refractivity contribution in [2.45, 2.75) is 26.2 Å². The highest BCUT2D eigenvalue weighted by atomic mass is 16.6. The zero-order valence-electron chi connectivity index (χ0n) is 11.4. The van der Waals surface area contributed by atoms with Gasteiger partial charge in [-0.2, -0.15) is 0 Å². The first kappa shape index (κ1) is 15.7. The summed E-state index contributed by atoms with van der Waals surface area (Å²) in [6, 6.07) is 5.09. The average Bonchev–Trinajstić information content (AvgIpc) is 2.38. The predicted molar refractivity (Wildman–Crippen MR) is 75.7 cm³/mol. The fourth-order valence-corrected chi connectivity index (χ4v) is 1.74. The molecule has 0 spiro atoms. The number of ether oxygens (including phenoxy) is 1. The largest absolute Gasteiger partial charge is 0.450 e. The van der Waals surface area contributed by atoms with Gasteiger partial charge in [-0.1, -0.05) is 6.07 Å². The van der Waals surface area contributed by atoms with Crippen molar-refractivity contribution in [1.82, 2.24) is 0 Å². The Labute approximate surface area is 117 Å². The van der Waals surface area contributed by atoms with Crippen molar-refractivity contribution < 1.29 is 14.5 Å². The van der Waals surface area contributed by atoms with Crippen LogP contribution in [0.2, 0.25) is 0 Å². The van der Waals surface area contributed by atoms with Gasteiger partial charge in [-0.05, 0) is 37.8 Å². The van der Waals surface area contributed by atoms with Crippen LogP contribution in [0, 0.1) is 17.0 Å². The minimum absolute atomic E-state index is 0.0852. The van der Waals surface area contributed by atoms with E-state index in [0.29, 0.717) is 18.8 Å². The molecule has 0 aromatic heterocycles. The van der Waals surface area contributed by atoms with Crippen molar-refractivity contribution >= 4 is 17.5 Å². The standard InChI is InChI=1S/C13H19N3O4/c1-10-5-6-11(12(9-10)16(18)19)15-7-3-2-4-8-20-13(14)17/h5-6,9,15H,2-4,7-8H2,1H3,(H2,14,17). The van der Waals surface area contributed by atoms with Gasteiger partial charge < -0.3 is 15.8 Å². The number of benzene rings is 1. The summed E-state index contributed by atoms with van der Waals surface area (Å²) in [7, 11) is 0. The van der Waals surface area contributed by atoms with E-state index in [1.807, 2.05) is 13.0 Å². The summed E-state index contributed by atoms with van der Waals surface area (Å²) in [5.74, 6) is 0. The number of nitrogens with zero attached hydrogens (tertiary/aromatic N) is 1. The number of carbonyl (C=O) groups excluding carboxylic acids is 1. The summed E-state index contributed by atoms with van der Waals surface area (Å²) in [4.78, 5) is 20.9. The molecular weight excluding hydrogens is 262 g/mol. The molecule has 0 saturated heterocycles. The Morgan fingerprint density at radius 1 is 1.40 bits per heavy atom. The molecule has 0 bridgehead atoms. The SMILES string of the molecule is Cc1ccc(NCCCCCOC(N)=O)c([N+](=O)[O-])c1. The molecule has 0 saturated carbocycles. The molecule has 1 aromatic carbocycles. The van der Waals surface area contributed by atoms with E-state index in [1.165, 1.54) is 0 Å². The van der Waals surface area contributed by atoms with Gasteiger partial charge in [-0.25, -0.2) is 4.79 Å². The lowest BCUT2D eigenvalue weighted by molar-refractivity contribution is -0.384. The molecule has 1 aromatic rings. The Balaban J connectivity index is 2.32.